The Kier molecular flexibility index (Phi) is 6.45. The summed E-state index contributed by atoms with van der Waals surface area (Å²) in [5, 5.41) is 13.6. The summed E-state index contributed by atoms with van der Waals surface area (Å²) in [4.78, 5) is 23.3. The lowest BCUT2D eigenvalue weighted by atomic mass is 9.80. The number of ether oxygens (including phenoxy) is 1. The quantitative estimate of drug-likeness (QED) is 0.474. The van der Waals surface area contributed by atoms with E-state index >= 15 is 0 Å². The Balaban J connectivity index is 2.31. The summed E-state index contributed by atoms with van der Waals surface area (Å²) in [6, 6.07) is 0. The molecule has 120 valence electrons. The zero-order valence-corrected chi connectivity index (χ0v) is 13.4. The number of nitrogens with zero attached hydrogens (tertiary/aromatic N) is 1. The van der Waals surface area contributed by atoms with Gasteiger partial charge in [-0.2, -0.15) is 0 Å². The summed E-state index contributed by atoms with van der Waals surface area (Å²) in [7, 11) is 0. The molecule has 2 N–H and O–H groups in total. The van der Waals surface area contributed by atoms with E-state index in [4.69, 9.17) is 21.5 Å². The topological polar surface area (TPSA) is 88.0 Å². The highest BCUT2D eigenvalue weighted by molar-refractivity contribution is 6.83. The van der Waals surface area contributed by atoms with Crippen LogP contribution in [0, 0.1) is 11.8 Å². The van der Waals surface area contributed by atoms with E-state index < -0.39 is 11.7 Å². The van der Waals surface area contributed by atoms with Gasteiger partial charge in [-0.15, -0.1) is 0 Å². The minimum absolute atomic E-state index is 0.189. The summed E-state index contributed by atoms with van der Waals surface area (Å²) >= 11 is 5.53. The Labute approximate surface area is 129 Å². The van der Waals surface area contributed by atoms with Crippen LogP contribution in [0.15, 0.2) is 5.16 Å². The van der Waals surface area contributed by atoms with Crippen molar-refractivity contribution in [2.24, 2.45) is 17.0 Å². The van der Waals surface area contributed by atoms with Crippen molar-refractivity contribution < 1.29 is 19.5 Å². The van der Waals surface area contributed by atoms with Gasteiger partial charge in [0.2, 0.25) is 5.17 Å². The first-order valence-corrected chi connectivity index (χ1v) is 7.49. The molecule has 0 aromatic carbocycles. The third-order valence-corrected chi connectivity index (χ3v) is 3.70. The number of carbonyl (C=O) groups is 2. The van der Waals surface area contributed by atoms with Crippen LogP contribution in [-0.2, 0) is 9.53 Å². The molecule has 21 heavy (non-hydrogen) atoms. The number of Topliss-reactive ketones (excluding diaryl/α,β-unsaturated/α-hetero) is 1. The number of hydrogen-bond donors (Lipinski definition) is 2. The fourth-order valence-corrected chi connectivity index (χ4v) is 2.54. The highest BCUT2D eigenvalue weighted by atomic mass is 35.5. The molecule has 0 heterocycles. The zero-order chi connectivity index (χ0) is 16.0. The molecule has 0 aliphatic heterocycles. The molecule has 1 aliphatic rings. The molecule has 0 aromatic rings. The van der Waals surface area contributed by atoms with Gasteiger partial charge in [0.15, 0.2) is 5.78 Å². The second kappa shape index (κ2) is 7.64. The Hall–Kier alpha value is -1.30. The maximum Gasteiger partial charge on any atom is 0.407 e. The van der Waals surface area contributed by atoms with Crippen molar-refractivity contribution in [3.8, 4) is 0 Å². The van der Waals surface area contributed by atoms with Crippen molar-refractivity contribution in [3.63, 3.8) is 0 Å². The molecule has 0 radical (unpaired) electrons. The van der Waals surface area contributed by atoms with Crippen LogP contribution in [0.25, 0.3) is 0 Å². The van der Waals surface area contributed by atoms with Crippen LogP contribution in [0.4, 0.5) is 4.79 Å². The molecule has 1 fully saturated rings. The van der Waals surface area contributed by atoms with Crippen LogP contribution >= 0.6 is 11.6 Å². The average molecular weight is 319 g/mol. The largest absolute Gasteiger partial charge is 0.444 e. The van der Waals surface area contributed by atoms with Crippen LogP contribution in [0.1, 0.15) is 46.5 Å². The number of amides is 1. The molecule has 1 aliphatic carbocycles. The molecule has 7 heteroatoms. The van der Waals surface area contributed by atoms with Gasteiger partial charge >= 0.3 is 6.09 Å². The summed E-state index contributed by atoms with van der Waals surface area (Å²) < 4.78 is 5.17. The second-order valence-electron chi connectivity index (χ2n) is 6.36. The highest BCUT2D eigenvalue weighted by Gasteiger charge is 2.29. The molecule has 0 atom stereocenters. The van der Waals surface area contributed by atoms with Gasteiger partial charge in [0.05, 0.1) is 0 Å². The maximum absolute atomic E-state index is 11.7. The van der Waals surface area contributed by atoms with Crippen molar-refractivity contribution in [1.29, 1.82) is 0 Å². The first-order valence-electron chi connectivity index (χ1n) is 7.11. The average Bonchev–Trinajstić information content (AvgIpc) is 2.42. The monoisotopic (exact) mass is 318 g/mol. The van der Waals surface area contributed by atoms with Gasteiger partial charge < -0.3 is 15.3 Å². The van der Waals surface area contributed by atoms with Gasteiger partial charge in [-0.25, -0.2) is 4.79 Å². The van der Waals surface area contributed by atoms with Crippen molar-refractivity contribution in [2.45, 2.75) is 52.1 Å². The number of rotatable bonds is 4. The van der Waals surface area contributed by atoms with E-state index in [1.165, 1.54) is 0 Å². The Bertz CT molecular complexity index is 410. The molecule has 0 bridgehead atoms. The number of halogens is 1. The number of hydrogen-bond acceptors (Lipinski definition) is 5. The first-order chi connectivity index (χ1) is 9.73. The molecular formula is C14H23ClN2O4. The van der Waals surface area contributed by atoms with Gasteiger partial charge in [-0.1, -0.05) is 16.8 Å². The minimum Gasteiger partial charge on any atom is -0.444 e. The molecule has 0 spiro atoms. The summed E-state index contributed by atoms with van der Waals surface area (Å²) in [6.45, 7) is 5.99. The van der Waals surface area contributed by atoms with Crippen LogP contribution in [0.2, 0.25) is 0 Å². The minimum atomic E-state index is -0.505. The highest BCUT2D eigenvalue weighted by Crippen LogP contribution is 2.29. The number of nitrogens with one attached hydrogen (secondary N) is 1. The third kappa shape index (κ3) is 6.33. The second-order valence-corrected chi connectivity index (χ2v) is 6.71. The van der Waals surface area contributed by atoms with Gasteiger partial charge in [0.1, 0.15) is 5.60 Å². The van der Waals surface area contributed by atoms with Crippen LogP contribution in [0.5, 0.6) is 0 Å². The number of alkyl carbamates (subject to hydrolysis) is 1. The van der Waals surface area contributed by atoms with Crippen molar-refractivity contribution in [3.05, 3.63) is 0 Å². The van der Waals surface area contributed by atoms with E-state index in [1.54, 1.807) is 0 Å². The third-order valence-electron chi connectivity index (χ3n) is 3.44. The first kappa shape index (κ1) is 17.8. The Morgan fingerprint density at radius 1 is 1.29 bits per heavy atom. The zero-order valence-electron chi connectivity index (χ0n) is 12.7. The van der Waals surface area contributed by atoms with Crippen molar-refractivity contribution in [1.82, 2.24) is 5.32 Å². The fraction of sp³-hybridized carbons (Fsp3) is 0.786. The van der Waals surface area contributed by atoms with Gasteiger partial charge in [0, 0.05) is 12.5 Å². The van der Waals surface area contributed by atoms with E-state index in [1.807, 2.05) is 20.8 Å². The molecule has 1 rings (SSSR count). The lowest BCUT2D eigenvalue weighted by Crippen LogP contribution is -2.36. The summed E-state index contributed by atoms with van der Waals surface area (Å²) in [6.07, 6.45) is 2.59. The van der Waals surface area contributed by atoms with Gasteiger partial charge in [-0.3, -0.25) is 4.79 Å². The number of ketones is 1. The number of oxime groups is 1. The fourth-order valence-electron chi connectivity index (χ4n) is 2.39. The van der Waals surface area contributed by atoms with E-state index in [9.17, 15) is 9.59 Å². The van der Waals surface area contributed by atoms with Gasteiger partial charge in [0.25, 0.3) is 0 Å². The molecular weight excluding hydrogens is 296 g/mol. The van der Waals surface area contributed by atoms with Crippen LogP contribution < -0.4 is 5.32 Å². The smallest absolute Gasteiger partial charge is 0.407 e. The molecule has 0 saturated heterocycles. The predicted octanol–water partition coefficient (Wildman–Crippen LogP) is 2.91. The lowest BCUT2D eigenvalue weighted by molar-refractivity contribution is -0.117. The predicted molar refractivity (Wildman–Crippen MR) is 79.8 cm³/mol. The van der Waals surface area contributed by atoms with E-state index in [0.29, 0.717) is 25.3 Å². The van der Waals surface area contributed by atoms with Crippen LogP contribution in [-0.4, -0.2) is 34.4 Å². The van der Waals surface area contributed by atoms with E-state index in [2.05, 4.69) is 10.5 Å². The molecule has 1 amide bonds. The van der Waals surface area contributed by atoms with E-state index in [-0.39, 0.29) is 16.9 Å². The maximum atomic E-state index is 11.7. The normalized spacial score (nSPS) is 23.5. The summed E-state index contributed by atoms with van der Waals surface area (Å²) in [5.41, 5.74) is -0.505. The molecule has 0 aromatic heterocycles. The molecule has 6 nitrogen and oxygen atoms in total. The molecule has 0 unspecified atom stereocenters. The van der Waals surface area contributed by atoms with Gasteiger partial charge in [-0.05, 0) is 52.4 Å². The van der Waals surface area contributed by atoms with Crippen molar-refractivity contribution >= 4 is 28.6 Å². The Morgan fingerprint density at radius 2 is 1.86 bits per heavy atom. The van der Waals surface area contributed by atoms with Crippen LogP contribution in [0.3, 0.4) is 0 Å². The van der Waals surface area contributed by atoms with Crippen molar-refractivity contribution in [2.75, 3.05) is 6.54 Å². The Morgan fingerprint density at radius 3 is 2.33 bits per heavy atom. The number of carbonyl (C=O) groups excluding carboxylic acids is 2. The van der Waals surface area contributed by atoms with E-state index in [0.717, 1.165) is 12.8 Å². The standard InChI is InChI=1S/C14H23ClN2O4/c1-14(2,3)21-13(19)16-8-9-4-6-10(7-5-9)11(18)12(15)17-20/h9-10,20H,4-8H2,1-3H3,(H,16,19)/b17-12-/t9-,10-. The molecule has 1 saturated carbocycles. The lowest BCUT2D eigenvalue weighted by Gasteiger charge is -2.27. The SMILES string of the molecule is CC(C)(C)OC(=O)NC[C@H]1CC[C@H](C(=O)/C(Cl)=N/O)CC1. The summed E-state index contributed by atoms with van der Waals surface area (Å²) in [5.74, 6) is -0.171.